The molecule has 0 bridgehead atoms. The molecule has 0 aromatic heterocycles. The molecule has 1 aliphatic carbocycles. The van der Waals surface area contributed by atoms with Gasteiger partial charge in [-0.1, -0.05) is 18.6 Å². The zero-order chi connectivity index (χ0) is 14.2. The fourth-order valence-corrected chi connectivity index (χ4v) is 4.21. The largest absolute Gasteiger partial charge is 0.294 e. The third-order valence-corrected chi connectivity index (χ3v) is 5.91. The molecule has 1 saturated carbocycles. The number of nitrogens with zero attached hydrogens (tertiary/aromatic N) is 1. The van der Waals surface area contributed by atoms with Crippen LogP contribution in [0.15, 0.2) is 29.2 Å². The van der Waals surface area contributed by atoms with Crippen molar-refractivity contribution in [2.75, 3.05) is 13.1 Å². The predicted octanol–water partition coefficient (Wildman–Crippen LogP) is 2.45. The number of piperidine rings is 1. The lowest BCUT2D eigenvalue weighted by atomic mass is 10.1. The van der Waals surface area contributed by atoms with Gasteiger partial charge >= 0.3 is 0 Å². The molecule has 1 aromatic rings. The van der Waals surface area contributed by atoms with Gasteiger partial charge in [-0.25, -0.2) is 8.42 Å². The highest BCUT2D eigenvalue weighted by atomic mass is 32.2. The van der Waals surface area contributed by atoms with E-state index < -0.39 is 10.0 Å². The average Bonchev–Trinajstić information content (AvgIpc) is 3.32. The molecule has 1 aromatic carbocycles. The number of hydrogen-bond donors (Lipinski definition) is 0. The molecule has 1 heterocycles. The van der Waals surface area contributed by atoms with Crippen LogP contribution in [0.2, 0.25) is 0 Å². The first-order chi connectivity index (χ1) is 9.59. The number of carbonyl (C=O) groups excluding carboxylic acids is 1. The lowest BCUT2D eigenvalue weighted by molar-refractivity contribution is 0.0967. The van der Waals surface area contributed by atoms with Crippen LogP contribution in [0.3, 0.4) is 0 Å². The molecular formula is C15H19NO3S. The van der Waals surface area contributed by atoms with Crippen molar-refractivity contribution in [1.82, 2.24) is 4.31 Å². The van der Waals surface area contributed by atoms with Crippen molar-refractivity contribution >= 4 is 15.8 Å². The Morgan fingerprint density at radius 1 is 1.10 bits per heavy atom. The van der Waals surface area contributed by atoms with Crippen molar-refractivity contribution in [3.05, 3.63) is 29.8 Å². The predicted molar refractivity (Wildman–Crippen MR) is 76.1 cm³/mol. The second kappa shape index (κ2) is 5.30. The van der Waals surface area contributed by atoms with Gasteiger partial charge in [0.25, 0.3) is 0 Å². The Bertz CT molecular complexity index is 614. The normalized spacial score (nSPS) is 20.8. The summed E-state index contributed by atoms with van der Waals surface area (Å²) in [4.78, 5) is 12.3. The Kier molecular flexibility index (Phi) is 3.65. The van der Waals surface area contributed by atoms with Crippen LogP contribution in [0.1, 0.15) is 42.5 Å². The van der Waals surface area contributed by atoms with Gasteiger partial charge in [-0.2, -0.15) is 4.31 Å². The molecule has 0 N–H and O–H groups in total. The monoisotopic (exact) mass is 293 g/mol. The Labute approximate surface area is 119 Å². The zero-order valence-electron chi connectivity index (χ0n) is 11.4. The van der Waals surface area contributed by atoms with Crippen molar-refractivity contribution in [2.24, 2.45) is 5.92 Å². The summed E-state index contributed by atoms with van der Waals surface area (Å²) in [7, 11) is -3.44. The minimum absolute atomic E-state index is 0.0840. The maximum atomic E-state index is 12.6. The van der Waals surface area contributed by atoms with Crippen LogP contribution in [0, 0.1) is 5.92 Å². The van der Waals surface area contributed by atoms with Crippen molar-refractivity contribution in [2.45, 2.75) is 37.0 Å². The lowest BCUT2D eigenvalue weighted by Gasteiger charge is -2.26. The van der Waals surface area contributed by atoms with Gasteiger partial charge in [0.2, 0.25) is 10.0 Å². The van der Waals surface area contributed by atoms with Crippen LogP contribution in [-0.2, 0) is 10.0 Å². The number of Topliss-reactive ketones (excluding diaryl/α,β-unsaturated/α-hetero) is 1. The van der Waals surface area contributed by atoms with Crippen molar-refractivity contribution in [3.63, 3.8) is 0 Å². The third-order valence-electron chi connectivity index (χ3n) is 4.02. The SMILES string of the molecule is O=C(c1cccc(S(=O)(=O)N2CCCCC2)c1)C1CC1. The molecule has 3 rings (SSSR count). The number of carbonyl (C=O) groups is 1. The van der Waals surface area contributed by atoms with Gasteiger partial charge in [0.1, 0.15) is 0 Å². The molecular weight excluding hydrogens is 274 g/mol. The summed E-state index contributed by atoms with van der Waals surface area (Å²) >= 11 is 0. The molecule has 5 heteroatoms. The minimum atomic E-state index is -3.44. The molecule has 0 atom stereocenters. The van der Waals surface area contributed by atoms with E-state index >= 15 is 0 Å². The van der Waals surface area contributed by atoms with Crippen LogP contribution in [0.4, 0.5) is 0 Å². The molecule has 0 amide bonds. The van der Waals surface area contributed by atoms with Gasteiger partial charge in [0.05, 0.1) is 4.90 Å². The zero-order valence-corrected chi connectivity index (χ0v) is 12.2. The molecule has 108 valence electrons. The van der Waals surface area contributed by atoms with Crippen molar-refractivity contribution in [1.29, 1.82) is 0 Å². The van der Waals surface area contributed by atoms with Crippen molar-refractivity contribution < 1.29 is 13.2 Å². The van der Waals surface area contributed by atoms with Crippen LogP contribution < -0.4 is 0 Å². The summed E-state index contributed by atoms with van der Waals surface area (Å²) in [6.45, 7) is 1.17. The second-order valence-corrected chi connectivity index (χ2v) is 7.57. The van der Waals surface area contributed by atoms with Gasteiger partial charge in [-0.3, -0.25) is 4.79 Å². The quantitative estimate of drug-likeness (QED) is 0.801. The van der Waals surface area contributed by atoms with Gasteiger partial charge in [0.15, 0.2) is 5.78 Å². The van der Waals surface area contributed by atoms with E-state index in [0.717, 1.165) is 32.1 Å². The Hall–Kier alpha value is -1.20. The number of rotatable bonds is 4. The topological polar surface area (TPSA) is 54.5 Å². The van der Waals surface area contributed by atoms with Crippen LogP contribution in [0.25, 0.3) is 0 Å². The van der Waals surface area contributed by atoms with Gasteiger partial charge < -0.3 is 0 Å². The summed E-state index contributed by atoms with van der Waals surface area (Å²) in [5.41, 5.74) is 0.533. The molecule has 2 aliphatic rings. The molecule has 0 radical (unpaired) electrons. The van der Waals surface area contributed by atoms with Crippen LogP contribution in [0.5, 0.6) is 0 Å². The number of hydrogen-bond acceptors (Lipinski definition) is 3. The fraction of sp³-hybridized carbons (Fsp3) is 0.533. The van der Waals surface area contributed by atoms with E-state index in [9.17, 15) is 13.2 Å². The van der Waals surface area contributed by atoms with Gasteiger partial charge in [-0.05, 0) is 37.8 Å². The van der Waals surface area contributed by atoms with Crippen LogP contribution in [-0.4, -0.2) is 31.6 Å². The summed E-state index contributed by atoms with van der Waals surface area (Å²) < 4.78 is 26.7. The Morgan fingerprint density at radius 3 is 2.45 bits per heavy atom. The fourth-order valence-electron chi connectivity index (χ4n) is 2.65. The number of ketones is 1. The highest BCUT2D eigenvalue weighted by Crippen LogP contribution is 2.33. The Balaban J connectivity index is 1.88. The van der Waals surface area contributed by atoms with Crippen molar-refractivity contribution in [3.8, 4) is 0 Å². The van der Waals surface area contributed by atoms with E-state index in [0.29, 0.717) is 18.7 Å². The average molecular weight is 293 g/mol. The standard InChI is InChI=1S/C15H19NO3S/c17-15(12-7-8-12)13-5-4-6-14(11-13)20(18,19)16-9-2-1-3-10-16/h4-6,11-12H,1-3,7-10H2. The maximum absolute atomic E-state index is 12.6. The van der Waals surface area contributed by atoms with E-state index in [1.54, 1.807) is 24.3 Å². The first kappa shape index (κ1) is 13.8. The summed E-state index contributed by atoms with van der Waals surface area (Å²) in [5, 5.41) is 0. The number of sulfonamides is 1. The highest BCUT2D eigenvalue weighted by molar-refractivity contribution is 7.89. The molecule has 2 fully saturated rings. The van der Waals surface area contributed by atoms with Crippen LogP contribution >= 0.6 is 0 Å². The first-order valence-corrected chi connectivity index (χ1v) is 8.67. The molecule has 0 unspecified atom stereocenters. The number of benzene rings is 1. The smallest absolute Gasteiger partial charge is 0.243 e. The van der Waals surface area contributed by atoms with E-state index in [1.165, 1.54) is 4.31 Å². The van der Waals surface area contributed by atoms with E-state index in [4.69, 9.17) is 0 Å². The lowest BCUT2D eigenvalue weighted by Crippen LogP contribution is -2.35. The third kappa shape index (κ3) is 2.65. The summed E-state index contributed by atoms with van der Waals surface area (Å²) in [5.74, 6) is 0.198. The minimum Gasteiger partial charge on any atom is -0.294 e. The Morgan fingerprint density at radius 2 is 1.80 bits per heavy atom. The molecule has 1 saturated heterocycles. The molecule has 1 aliphatic heterocycles. The van der Waals surface area contributed by atoms with Gasteiger partial charge in [-0.15, -0.1) is 0 Å². The van der Waals surface area contributed by atoms with E-state index in [1.807, 2.05) is 0 Å². The van der Waals surface area contributed by atoms with Gasteiger partial charge in [0, 0.05) is 24.6 Å². The van der Waals surface area contributed by atoms with E-state index in [-0.39, 0.29) is 16.6 Å². The maximum Gasteiger partial charge on any atom is 0.243 e. The van der Waals surface area contributed by atoms with E-state index in [2.05, 4.69) is 0 Å². The molecule has 20 heavy (non-hydrogen) atoms. The first-order valence-electron chi connectivity index (χ1n) is 7.23. The molecule has 4 nitrogen and oxygen atoms in total. The summed E-state index contributed by atoms with van der Waals surface area (Å²) in [6, 6.07) is 6.53. The second-order valence-electron chi connectivity index (χ2n) is 5.63. The molecule has 0 spiro atoms. The highest BCUT2D eigenvalue weighted by Gasteiger charge is 2.32. The summed E-state index contributed by atoms with van der Waals surface area (Å²) in [6.07, 6.45) is 4.79.